The van der Waals surface area contributed by atoms with Crippen LogP contribution in [0.4, 0.5) is 8.78 Å². The van der Waals surface area contributed by atoms with Crippen LogP contribution in [0.25, 0.3) is 0 Å². The Morgan fingerprint density at radius 3 is 2.52 bits per heavy atom. The highest BCUT2D eigenvalue weighted by Crippen LogP contribution is 2.54. The molecule has 2 aromatic carbocycles. The Hall–Kier alpha value is -1.78. The number of aryl methyl sites for hydroxylation is 1. The van der Waals surface area contributed by atoms with E-state index in [1.54, 1.807) is 13.0 Å². The first-order valence-corrected chi connectivity index (χ1v) is 7.08. The van der Waals surface area contributed by atoms with Gasteiger partial charge < -0.3 is 0 Å². The minimum atomic E-state index is -0.542. The van der Waals surface area contributed by atoms with E-state index in [1.807, 2.05) is 18.2 Å². The molecule has 3 unspecified atom stereocenters. The fourth-order valence-corrected chi connectivity index (χ4v) is 3.03. The maximum Gasteiger partial charge on any atom is 0.130 e. The first kappa shape index (κ1) is 14.2. The van der Waals surface area contributed by atoms with Gasteiger partial charge >= 0.3 is 0 Å². The van der Waals surface area contributed by atoms with Crippen molar-refractivity contribution in [3.05, 3.63) is 70.8 Å². The molecule has 3 rings (SSSR count). The van der Waals surface area contributed by atoms with Crippen molar-refractivity contribution in [2.45, 2.75) is 25.3 Å². The Balaban J connectivity index is 1.86. The van der Waals surface area contributed by atoms with Crippen LogP contribution in [0.15, 0.2) is 42.5 Å². The second kappa shape index (κ2) is 5.54. The number of hydrazine groups is 1. The summed E-state index contributed by atoms with van der Waals surface area (Å²) in [6.07, 6.45) is 0.953. The summed E-state index contributed by atoms with van der Waals surface area (Å²) < 4.78 is 27.4. The number of nitrogens with one attached hydrogen (secondary N) is 1. The molecule has 21 heavy (non-hydrogen) atoms. The third-order valence-corrected chi connectivity index (χ3v) is 4.29. The molecule has 1 fully saturated rings. The summed E-state index contributed by atoms with van der Waals surface area (Å²) >= 11 is 0. The van der Waals surface area contributed by atoms with Crippen molar-refractivity contribution >= 4 is 0 Å². The minimum absolute atomic E-state index is 0.233. The molecule has 110 valence electrons. The Morgan fingerprint density at radius 2 is 1.86 bits per heavy atom. The predicted octanol–water partition coefficient (Wildman–Crippen LogP) is 3.58. The van der Waals surface area contributed by atoms with E-state index in [2.05, 4.69) is 17.6 Å². The van der Waals surface area contributed by atoms with E-state index in [0.29, 0.717) is 17.0 Å². The molecule has 0 aliphatic heterocycles. The van der Waals surface area contributed by atoms with Crippen LogP contribution in [-0.4, -0.2) is 0 Å². The van der Waals surface area contributed by atoms with Gasteiger partial charge in [0.15, 0.2) is 0 Å². The van der Waals surface area contributed by atoms with Crippen molar-refractivity contribution in [3.8, 4) is 0 Å². The van der Waals surface area contributed by atoms with Gasteiger partial charge in [0, 0.05) is 11.6 Å². The number of benzene rings is 2. The first-order valence-electron chi connectivity index (χ1n) is 7.08. The zero-order valence-corrected chi connectivity index (χ0v) is 11.8. The number of hydrogen-bond acceptors (Lipinski definition) is 2. The van der Waals surface area contributed by atoms with Crippen LogP contribution in [-0.2, 0) is 0 Å². The molecule has 1 aliphatic rings. The van der Waals surface area contributed by atoms with E-state index >= 15 is 0 Å². The van der Waals surface area contributed by atoms with Crippen LogP contribution in [0, 0.1) is 24.5 Å². The number of nitrogens with two attached hydrogens (primary N) is 1. The Morgan fingerprint density at radius 1 is 1.14 bits per heavy atom. The van der Waals surface area contributed by atoms with Crippen LogP contribution in [0.2, 0.25) is 0 Å². The lowest BCUT2D eigenvalue weighted by atomic mass is 9.97. The second-order valence-electron chi connectivity index (χ2n) is 5.68. The molecule has 0 bridgehead atoms. The topological polar surface area (TPSA) is 38.0 Å². The van der Waals surface area contributed by atoms with Crippen LogP contribution in [0.5, 0.6) is 0 Å². The van der Waals surface area contributed by atoms with E-state index in [4.69, 9.17) is 5.84 Å². The Labute approximate surface area is 122 Å². The summed E-state index contributed by atoms with van der Waals surface area (Å²) in [5.74, 6) is 5.17. The van der Waals surface area contributed by atoms with Crippen molar-refractivity contribution in [1.29, 1.82) is 0 Å². The van der Waals surface area contributed by atoms with Gasteiger partial charge in [0.2, 0.25) is 0 Å². The molecule has 1 saturated carbocycles. The summed E-state index contributed by atoms with van der Waals surface area (Å²) in [5, 5.41) is 0. The molecule has 4 heteroatoms. The van der Waals surface area contributed by atoms with Crippen molar-refractivity contribution in [3.63, 3.8) is 0 Å². The third kappa shape index (κ3) is 2.69. The van der Waals surface area contributed by atoms with Gasteiger partial charge in [-0.1, -0.05) is 30.3 Å². The first-order chi connectivity index (χ1) is 10.1. The summed E-state index contributed by atoms with van der Waals surface area (Å²) in [4.78, 5) is 0. The van der Waals surface area contributed by atoms with Crippen molar-refractivity contribution in [1.82, 2.24) is 5.43 Å². The fourth-order valence-electron chi connectivity index (χ4n) is 3.03. The highest BCUT2D eigenvalue weighted by molar-refractivity contribution is 5.33. The maximum absolute atomic E-state index is 14.0. The van der Waals surface area contributed by atoms with Crippen LogP contribution < -0.4 is 11.3 Å². The van der Waals surface area contributed by atoms with Gasteiger partial charge in [0.25, 0.3) is 0 Å². The number of hydrogen-bond donors (Lipinski definition) is 2. The Bertz CT molecular complexity index is 643. The second-order valence-corrected chi connectivity index (χ2v) is 5.68. The standard InChI is InChI=1S/C17H18F2N2/c1-10-7-14(16(19)9-15(10)18)17(21-20)13-8-12(13)11-5-3-2-4-6-11/h2-7,9,12-13,17,21H,8,20H2,1H3. The van der Waals surface area contributed by atoms with E-state index in [0.717, 1.165) is 12.5 Å². The van der Waals surface area contributed by atoms with Crippen molar-refractivity contribution < 1.29 is 8.78 Å². The third-order valence-electron chi connectivity index (χ3n) is 4.29. The van der Waals surface area contributed by atoms with E-state index in [9.17, 15) is 8.78 Å². The molecule has 0 spiro atoms. The molecule has 0 heterocycles. The minimum Gasteiger partial charge on any atom is -0.271 e. The average molecular weight is 288 g/mol. The molecule has 1 aliphatic carbocycles. The van der Waals surface area contributed by atoms with Gasteiger partial charge in [-0.3, -0.25) is 11.3 Å². The van der Waals surface area contributed by atoms with Gasteiger partial charge in [-0.2, -0.15) is 0 Å². The van der Waals surface area contributed by atoms with Crippen LogP contribution in [0.3, 0.4) is 0 Å². The van der Waals surface area contributed by atoms with Gasteiger partial charge in [-0.05, 0) is 42.4 Å². The number of rotatable bonds is 4. The molecular weight excluding hydrogens is 270 g/mol. The van der Waals surface area contributed by atoms with Crippen molar-refractivity contribution in [2.24, 2.45) is 11.8 Å². The lowest BCUT2D eigenvalue weighted by Gasteiger charge is -2.18. The molecule has 0 saturated heterocycles. The molecule has 0 radical (unpaired) electrons. The van der Waals surface area contributed by atoms with E-state index < -0.39 is 11.6 Å². The highest BCUT2D eigenvalue weighted by Gasteiger charge is 2.44. The van der Waals surface area contributed by atoms with Gasteiger partial charge in [0.1, 0.15) is 11.6 Å². The largest absolute Gasteiger partial charge is 0.271 e. The monoisotopic (exact) mass is 288 g/mol. The summed E-state index contributed by atoms with van der Waals surface area (Å²) in [6.45, 7) is 1.63. The number of halogens is 2. The zero-order valence-electron chi connectivity index (χ0n) is 11.8. The van der Waals surface area contributed by atoms with Gasteiger partial charge in [0.05, 0.1) is 6.04 Å². The Kier molecular flexibility index (Phi) is 3.74. The van der Waals surface area contributed by atoms with Crippen LogP contribution in [0.1, 0.15) is 35.1 Å². The van der Waals surface area contributed by atoms with Gasteiger partial charge in [-0.25, -0.2) is 8.78 Å². The fraction of sp³-hybridized carbons (Fsp3) is 0.294. The van der Waals surface area contributed by atoms with E-state index in [-0.39, 0.29) is 12.0 Å². The SMILES string of the molecule is Cc1cc(C(NN)C2CC2c2ccccc2)c(F)cc1F. The normalized spacial score (nSPS) is 22.1. The lowest BCUT2D eigenvalue weighted by Crippen LogP contribution is -2.30. The molecule has 3 N–H and O–H groups in total. The molecule has 0 amide bonds. The molecule has 2 nitrogen and oxygen atoms in total. The predicted molar refractivity (Wildman–Crippen MR) is 78.4 cm³/mol. The van der Waals surface area contributed by atoms with Crippen molar-refractivity contribution in [2.75, 3.05) is 0 Å². The lowest BCUT2D eigenvalue weighted by molar-refractivity contribution is 0.457. The summed E-state index contributed by atoms with van der Waals surface area (Å²) in [6, 6.07) is 12.3. The smallest absolute Gasteiger partial charge is 0.130 e. The zero-order chi connectivity index (χ0) is 15.0. The highest BCUT2D eigenvalue weighted by atomic mass is 19.1. The van der Waals surface area contributed by atoms with Gasteiger partial charge in [-0.15, -0.1) is 0 Å². The quantitative estimate of drug-likeness (QED) is 0.666. The average Bonchev–Trinajstić information content (AvgIpc) is 3.26. The molecule has 0 aromatic heterocycles. The molecule has 3 atom stereocenters. The van der Waals surface area contributed by atoms with Crippen LogP contribution >= 0.6 is 0 Å². The molecule has 2 aromatic rings. The maximum atomic E-state index is 14.0. The summed E-state index contributed by atoms with van der Waals surface area (Å²) in [5.41, 5.74) is 4.82. The molecular formula is C17H18F2N2. The van der Waals surface area contributed by atoms with E-state index in [1.165, 1.54) is 5.56 Å². The summed E-state index contributed by atoms with van der Waals surface area (Å²) in [7, 11) is 0.